The summed E-state index contributed by atoms with van der Waals surface area (Å²) in [7, 11) is 0. The van der Waals surface area contributed by atoms with E-state index in [0.29, 0.717) is 24.6 Å². The molecular formula is C47H41N11OS. The first-order chi connectivity index (χ1) is 29.6. The van der Waals surface area contributed by atoms with Crippen LogP contribution >= 0.6 is 11.3 Å². The molecule has 4 aromatic heterocycles. The van der Waals surface area contributed by atoms with Gasteiger partial charge in [-0.05, 0) is 66.9 Å². The number of carbonyl (C=O) groups excluding carboxylic acids is 1. The molecule has 0 saturated heterocycles. The van der Waals surface area contributed by atoms with E-state index in [4.69, 9.17) is 15.3 Å². The molecule has 0 saturated carbocycles. The Morgan fingerprint density at radius 1 is 0.750 bits per heavy atom. The van der Waals surface area contributed by atoms with Crippen molar-refractivity contribution in [2.75, 3.05) is 4.90 Å². The lowest BCUT2D eigenvalue weighted by Crippen LogP contribution is -2.39. The molecular weight excluding hydrogens is 767 g/mol. The quantitative estimate of drug-likeness (QED) is 0.102. The molecule has 0 aliphatic rings. The summed E-state index contributed by atoms with van der Waals surface area (Å²) in [6, 6.07) is 51.9. The van der Waals surface area contributed by atoms with Crippen molar-refractivity contribution in [1.29, 1.82) is 0 Å². The van der Waals surface area contributed by atoms with Gasteiger partial charge in [0, 0.05) is 23.4 Å². The summed E-state index contributed by atoms with van der Waals surface area (Å²) in [6.07, 6.45) is 4.37. The van der Waals surface area contributed by atoms with Crippen LogP contribution in [0.4, 0.5) is 5.95 Å². The molecule has 0 fully saturated rings. The number of nitrogens with one attached hydrogen (secondary N) is 1. The monoisotopic (exact) mass is 807 g/mol. The smallest absolute Gasteiger partial charge is 0.279 e. The van der Waals surface area contributed by atoms with Gasteiger partial charge in [0.05, 0.1) is 12.7 Å². The molecule has 0 atom stereocenters. The predicted octanol–water partition coefficient (Wildman–Crippen LogP) is 8.86. The van der Waals surface area contributed by atoms with Crippen molar-refractivity contribution in [3.05, 3.63) is 202 Å². The van der Waals surface area contributed by atoms with Gasteiger partial charge in [0.15, 0.2) is 5.82 Å². The Morgan fingerprint density at radius 3 is 2.00 bits per heavy atom. The van der Waals surface area contributed by atoms with Gasteiger partial charge in [-0.15, -0.1) is 21.5 Å². The highest BCUT2D eigenvalue weighted by molar-refractivity contribution is 7.09. The molecule has 60 heavy (non-hydrogen) atoms. The van der Waals surface area contributed by atoms with Crippen molar-refractivity contribution in [3.63, 3.8) is 0 Å². The number of H-pyrrole nitrogens is 1. The van der Waals surface area contributed by atoms with Crippen LogP contribution in [0.2, 0.25) is 0 Å². The van der Waals surface area contributed by atoms with Crippen LogP contribution < -0.4 is 4.90 Å². The van der Waals surface area contributed by atoms with Crippen LogP contribution in [0.5, 0.6) is 0 Å². The second-order valence-corrected chi connectivity index (χ2v) is 15.4. The van der Waals surface area contributed by atoms with Gasteiger partial charge in [-0.2, -0.15) is 5.21 Å². The van der Waals surface area contributed by atoms with Gasteiger partial charge < -0.3 is 4.57 Å². The Morgan fingerprint density at radius 2 is 1.40 bits per heavy atom. The normalized spacial score (nSPS) is 11.5. The first kappa shape index (κ1) is 38.2. The van der Waals surface area contributed by atoms with E-state index in [1.807, 2.05) is 57.1 Å². The summed E-state index contributed by atoms with van der Waals surface area (Å²) in [5.41, 5.74) is 6.54. The predicted molar refractivity (Wildman–Crippen MR) is 232 cm³/mol. The van der Waals surface area contributed by atoms with Gasteiger partial charge in [0.1, 0.15) is 17.1 Å². The Bertz CT molecular complexity index is 2670. The number of aromatic nitrogens is 10. The van der Waals surface area contributed by atoms with Crippen LogP contribution in [0.1, 0.15) is 63.2 Å². The van der Waals surface area contributed by atoms with Crippen LogP contribution in [0.25, 0.3) is 22.5 Å². The Balaban J connectivity index is 1.09. The third kappa shape index (κ3) is 7.30. The lowest BCUT2D eigenvalue weighted by atomic mass is 9.77. The molecule has 0 aliphatic heterocycles. The van der Waals surface area contributed by atoms with Crippen LogP contribution in [0.3, 0.4) is 0 Å². The molecule has 5 aromatic carbocycles. The summed E-state index contributed by atoms with van der Waals surface area (Å²) in [4.78, 5) is 21.7. The molecule has 0 aliphatic carbocycles. The number of hydrogen-bond donors (Lipinski definition) is 1. The zero-order valence-corrected chi connectivity index (χ0v) is 33.7. The highest BCUT2D eigenvalue weighted by Crippen LogP contribution is 2.43. The van der Waals surface area contributed by atoms with Crippen molar-refractivity contribution in [3.8, 4) is 22.5 Å². The fourth-order valence-corrected chi connectivity index (χ4v) is 8.58. The lowest BCUT2D eigenvalue weighted by Gasteiger charge is -2.36. The van der Waals surface area contributed by atoms with Crippen molar-refractivity contribution < 1.29 is 4.79 Å². The highest BCUT2D eigenvalue weighted by atomic mass is 32.1. The van der Waals surface area contributed by atoms with Crippen LogP contribution in [-0.2, 0) is 25.0 Å². The fourth-order valence-electron chi connectivity index (χ4n) is 7.88. The first-order valence-corrected chi connectivity index (χ1v) is 20.8. The number of hydrogen-bond acceptors (Lipinski definition) is 9. The van der Waals surface area contributed by atoms with E-state index in [-0.39, 0.29) is 11.9 Å². The van der Waals surface area contributed by atoms with Gasteiger partial charge in [-0.3, -0.25) is 9.69 Å². The van der Waals surface area contributed by atoms with E-state index >= 15 is 0 Å². The van der Waals surface area contributed by atoms with Gasteiger partial charge in [-0.25, -0.2) is 9.67 Å². The number of imidazole rings is 1. The molecule has 9 rings (SSSR count). The van der Waals surface area contributed by atoms with Crippen molar-refractivity contribution in [1.82, 2.24) is 50.4 Å². The topological polar surface area (TPSA) is 136 Å². The molecule has 13 heteroatoms. The summed E-state index contributed by atoms with van der Waals surface area (Å²) < 4.78 is 3.98. The van der Waals surface area contributed by atoms with E-state index in [2.05, 4.69) is 142 Å². The largest absolute Gasteiger partial charge is 0.319 e. The minimum absolute atomic E-state index is 0.207. The number of amides is 1. The van der Waals surface area contributed by atoms with Gasteiger partial charge in [-0.1, -0.05) is 164 Å². The van der Waals surface area contributed by atoms with Crippen LogP contribution in [-0.4, -0.2) is 56.3 Å². The fraction of sp³-hybridized carbons (Fsp3) is 0.149. The number of unbranched alkanes of at least 4 members (excludes halogenated alkanes) is 1. The van der Waals surface area contributed by atoms with Gasteiger partial charge in [0.25, 0.3) is 11.9 Å². The van der Waals surface area contributed by atoms with Crippen molar-refractivity contribution in [2.45, 2.75) is 44.8 Å². The lowest BCUT2D eigenvalue weighted by molar-refractivity contribution is 0.0974. The third-order valence-corrected chi connectivity index (χ3v) is 11.6. The molecule has 0 radical (unpaired) electrons. The number of anilines is 1. The molecule has 0 unspecified atom stereocenters. The second kappa shape index (κ2) is 17.2. The minimum Gasteiger partial charge on any atom is -0.319 e. The number of aromatic amines is 1. The average Bonchev–Trinajstić information content (AvgIpc) is 4.17. The minimum atomic E-state index is -0.891. The molecule has 1 amide bonds. The van der Waals surface area contributed by atoms with E-state index in [0.717, 1.165) is 68.9 Å². The van der Waals surface area contributed by atoms with Crippen molar-refractivity contribution in [2.24, 2.45) is 0 Å². The Hall–Kier alpha value is -7.38. The Kier molecular flexibility index (Phi) is 11.0. The number of aryl methyl sites for hydroxylation is 1. The number of nitrogens with zero attached hydrogens (tertiary/aromatic N) is 10. The second-order valence-electron chi connectivity index (χ2n) is 14.4. The third-order valence-electron chi connectivity index (χ3n) is 10.8. The van der Waals surface area contributed by atoms with Crippen LogP contribution in [0.15, 0.2) is 163 Å². The zero-order valence-electron chi connectivity index (χ0n) is 32.9. The van der Waals surface area contributed by atoms with E-state index in [1.165, 1.54) is 0 Å². The van der Waals surface area contributed by atoms with E-state index in [1.54, 1.807) is 22.4 Å². The molecule has 1 N–H and O–H groups in total. The SMILES string of the molecule is CCCCc1ncc(C(=O)N(Cc2cccs2)c2nn[nH]n2)n1Cc1ccc(-c2ccccc2-c2nnnn2C(c2ccccc2)(c2ccccc2)c2ccccc2)cc1. The zero-order chi connectivity index (χ0) is 40.7. The number of thiophene rings is 1. The van der Waals surface area contributed by atoms with Crippen molar-refractivity contribution >= 4 is 23.2 Å². The van der Waals surface area contributed by atoms with Gasteiger partial charge in [0.2, 0.25) is 0 Å². The van der Waals surface area contributed by atoms with Gasteiger partial charge >= 0.3 is 0 Å². The molecule has 296 valence electrons. The maximum absolute atomic E-state index is 14.4. The summed E-state index contributed by atoms with van der Waals surface area (Å²) >= 11 is 1.57. The van der Waals surface area contributed by atoms with E-state index < -0.39 is 5.54 Å². The molecule has 0 spiro atoms. The number of rotatable bonds is 15. The number of tetrazole rings is 2. The number of benzene rings is 5. The maximum Gasteiger partial charge on any atom is 0.279 e. The molecule has 9 aromatic rings. The molecule has 4 heterocycles. The number of carbonyl (C=O) groups is 1. The average molecular weight is 808 g/mol. The molecule has 0 bridgehead atoms. The summed E-state index contributed by atoms with van der Waals surface area (Å²) in [5.74, 6) is 1.44. The highest BCUT2D eigenvalue weighted by Gasteiger charge is 2.42. The summed E-state index contributed by atoms with van der Waals surface area (Å²) in [5, 5.41) is 30.4. The maximum atomic E-state index is 14.4. The van der Waals surface area contributed by atoms with E-state index in [9.17, 15) is 4.79 Å². The standard InChI is InChI=1S/C47H41N11OS/c1-2-3-25-43-48-31-42(45(59)57(46-50-52-53-51-46)33-39-22-15-30-60-39)56(43)32-34-26-28-35(29-27-34)40-23-13-14-24-41(40)44-49-54-55-58(44)47(36-16-7-4-8-17-36,37-18-9-5-10-19-37)38-20-11-6-12-21-38/h4-24,26-31H,2-3,25,32-33H2,1H3,(H,50,51,52,53). The first-order valence-electron chi connectivity index (χ1n) is 19.9. The Labute approximate surface area is 351 Å². The summed E-state index contributed by atoms with van der Waals surface area (Å²) in [6.45, 7) is 2.91. The van der Waals surface area contributed by atoms with Crippen LogP contribution in [0, 0.1) is 0 Å². The molecule has 12 nitrogen and oxygen atoms in total.